The lowest BCUT2D eigenvalue weighted by Crippen LogP contribution is -2.43. The minimum atomic E-state index is -3.94. The van der Waals surface area contributed by atoms with Gasteiger partial charge in [-0.3, -0.25) is 9.59 Å². The van der Waals surface area contributed by atoms with E-state index >= 15 is 0 Å². The molecule has 4 rings (SSSR count). The Bertz CT molecular complexity index is 1100. The van der Waals surface area contributed by atoms with E-state index in [0.29, 0.717) is 35.5 Å². The molecule has 2 N–H and O–H groups in total. The van der Waals surface area contributed by atoms with Gasteiger partial charge in [-0.25, -0.2) is 8.42 Å². The second kappa shape index (κ2) is 7.73. The summed E-state index contributed by atoms with van der Waals surface area (Å²) in [6.07, 6.45) is 0.331. The lowest BCUT2D eigenvalue weighted by Gasteiger charge is -2.27. The van der Waals surface area contributed by atoms with Crippen molar-refractivity contribution in [2.24, 2.45) is 0 Å². The molecule has 8 nitrogen and oxygen atoms in total. The lowest BCUT2D eigenvalue weighted by molar-refractivity contribution is -0.122. The van der Waals surface area contributed by atoms with Gasteiger partial charge in [0.15, 0.2) is 6.10 Å². The molecule has 0 radical (unpaired) electrons. The molecule has 2 atom stereocenters. The quantitative estimate of drug-likeness (QED) is 0.777. The van der Waals surface area contributed by atoms with E-state index in [1.807, 2.05) is 6.07 Å². The summed E-state index contributed by atoms with van der Waals surface area (Å²) in [5, 5.41) is 5.51. The first-order chi connectivity index (χ1) is 14.3. The van der Waals surface area contributed by atoms with Crippen LogP contribution in [0.1, 0.15) is 25.3 Å². The zero-order valence-electron chi connectivity index (χ0n) is 16.7. The van der Waals surface area contributed by atoms with Crippen LogP contribution in [0.25, 0.3) is 0 Å². The van der Waals surface area contributed by atoms with Crippen molar-refractivity contribution in [3.63, 3.8) is 0 Å². The van der Waals surface area contributed by atoms with E-state index in [9.17, 15) is 18.0 Å². The molecular formula is C21H23N3O5S. The Balaban J connectivity index is 1.63. The van der Waals surface area contributed by atoms with Crippen molar-refractivity contribution in [1.29, 1.82) is 0 Å². The van der Waals surface area contributed by atoms with E-state index in [0.717, 1.165) is 0 Å². The number of hydrogen-bond donors (Lipinski definition) is 2. The molecule has 158 valence electrons. The van der Waals surface area contributed by atoms with Crippen molar-refractivity contribution >= 4 is 33.2 Å². The van der Waals surface area contributed by atoms with Gasteiger partial charge >= 0.3 is 0 Å². The number of rotatable bonds is 4. The summed E-state index contributed by atoms with van der Waals surface area (Å²) in [6.45, 7) is 3.52. The molecule has 2 aliphatic rings. The van der Waals surface area contributed by atoms with E-state index < -0.39 is 22.2 Å². The average Bonchev–Trinajstić information content (AvgIpc) is 3.20. The molecule has 0 spiro atoms. The Morgan fingerprint density at radius 1 is 1.23 bits per heavy atom. The second-order valence-electron chi connectivity index (χ2n) is 7.49. The standard InChI is InChI=1S/C21H23N3O5S/c1-13-11-16-18(29-14(2)20(25)23-16)12-19(13)30(27,28)24-10-6-9-17(24)21(26)22-15-7-4-3-5-8-15/h3-5,7-8,11-12,14,17H,6,9-10H2,1-2H3,(H,22,26)(H,23,25)/t14-,17+/m1/s1. The molecule has 2 amide bonds. The first-order valence-electron chi connectivity index (χ1n) is 9.77. The van der Waals surface area contributed by atoms with Crippen LogP contribution < -0.4 is 15.4 Å². The van der Waals surface area contributed by atoms with E-state index in [4.69, 9.17) is 4.74 Å². The Morgan fingerprint density at radius 3 is 2.70 bits per heavy atom. The van der Waals surface area contributed by atoms with Crippen LogP contribution >= 0.6 is 0 Å². The van der Waals surface area contributed by atoms with Crippen molar-refractivity contribution in [1.82, 2.24) is 4.31 Å². The van der Waals surface area contributed by atoms with Crippen molar-refractivity contribution in [3.8, 4) is 5.75 Å². The molecule has 0 aromatic heterocycles. The highest BCUT2D eigenvalue weighted by Gasteiger charge is 2.40. The summed E-state index contributed by atoms with van der Waals surface area (Å²) in [7, 11) is -3.94. The minimum absolute atomic E-state index is 0.0732. The number of sulfonamides is 1. The highest BCUT2D eigenvalue weighted by atomic mass is 32.2. The number of carbonyl (C=O) groups excluding carboxylic acids is 2. The van der Waals surface area contributed by atoms with E-state index in [1.165, 1.54) is 10.4 Å². The molecule has 0 aliphatic carbocycles. The molecule has 2 heterocycles. The molecule has 1 fully saturated rings. The minimum Gasteiger partial charge on any atom is -0.479 e. The van der Waals surface area contributed by atoms with Gasteiger partial charge in [-0.15, -0.1) is 0 Å². The molecule has 2 aromatic rings. The summed E-state index contributed by atoms with van der Waals surface area (Å²) >= 11 is 0. The maximum absolute atomic E-state index is 13.5. The Hall–Kier alpha value is -2.91. The average molecular weight is 429 g/mol. The van der Waals surface area contributed by atoms with Gasteiger partial charge < -0.3 is 15.4 Å². The number of nitrogens with zero attached hydrogens (tertiary/aromatic N) is 1. The van der Waals surface area contributed by atoms with E-state index in [2.05, 4.69) is 10.6 Å². The number of nitrogens with one attached hydrogen (secondary N) is 2. The fourth-order valence-corrected chi connectivity index (χ4v) is 5.66. The van der Waals surface area contributed by atoms with Gasteiger partial charge in [0, 0.05) is 18.3 Å². The maximum Gasteiger partial charge on any atom is 0.265 e. The monoisotopic (exact) mass is 429 g/mol. The third-order valence-electron chi connectivity index (χ3n) is 5.34. The molecular weight excluding hydrogens is 406 g/mol. The van der Waals surface area contributed by atoms with Gasteiger partial charge in [-0.05, 0) is 50.5 Å². The van der Waals surface area contributed by atoms with Crippen LogP contribution in [-0.2, 0) is 19.6 Å². The van der Waals surface area contributed by atoms with Crippen molar-refractivity contribution in [2.75, 3.05) is 17.2 Å². The second-order valence-corrected chi connectivity index (χ2v) is 9.35. The fourth-order valence-electron chi connectivity index (χ4n) is 3.78. The Morgan fingerprint density at radius 2 is 1.97 bits per heavy atom. The van der Waals surface area contributed by atoms with Crippen LogP contribution in [0.4, 0.5) is 11.4 Å². The lowest BCUT2D eigenvalue weighted by atomic mass is 10.1. The van der Waals surface area contributed by atoms with E-state index in [-0.39, 0.29) is 23.3 Å². The SMILES string of the molecule is Cc1cc2c(cc1S(=O)(=O)N1CCC[C@H]1C(=O)Nc1ccccc1)O[C@H](C)C(=O)N2. The zero-order chi connectivity index (χ0) is 21.5. The van der Waals surface area contributed by atoms with Gasteiger partial charge in [0.05, 0.1) is 10.6 Å². The van der Waals surface area contributed by atoms with Gasteiger partial charge in [-0.2, -0.15) is 4.31 Å². The molecule has 9 heteroatoms. The largest absolute Gasteiger partial charge is 0.479 e. The summed E-state index contributed by atoms with van der Waals surface area (Å²) in [4.78, 5) is 24.7. The Labute approximate surface area is 175 Å². The maximum atomic E-state index is 13.5. The molecule has 0 saturated carbocycles. The summed E-state index contributed by atoms with van der Waals surface area (Å²) in [5.74, 6) is -0.333. The van der Waals surface area contributed by atoms with Gasteiger partial charge in [0.1, 0.15) is 11.8 Å². The number of hydrogen-bond acceptors (Lipinski definition) is 5. The number of anilines is 2. The fraction of sp³-hybridized carbons (Fsp3) is 0.333. The number of ether oxygens (including phenoxy) is 1. The van der Waals surface area contributed by atoms with Crippen molar-refractivity contribution in [3.05, 3.63) is 48.0 Å². The highest BCUT2D eigenvalue weighted by molar-refractivity contribution is 7.89. The summed E-state index contributed by atoms with van der Waals surface area (Å²) in [6, 6.07) is 11.2. The van der Waals surface area contributed by atoms with Crippen LogP contribution in [0, 0.1) is 6.92 Å². The van der Waals surface area contributed by atoms with Crippen LogP contribution in [0.2, 0.25) is 0 Å². The van der Waals surface area contributed by atoms with Crippen LogP contribution in [0.15, 0.2) is 47.4 Å². The van der Waals surface area contributed by atoms with Gasteiger partial charge in [0.2, 0.25) is 15.9 Å². The molecule has 0 bridgehead atoms. The number of carbonyl (C=O) groups is 2. The van der Waals surface area contributed by atoms with Crippen LogP contribution in [-0.4, -0.2) is 43.2 Å². The number of benzene rings is 2. The molecule has 1 saturated heterocycles. The highest BCUT2D eigenvalue weighted by Crippen LogP contribution is 2.37. The number of amides is 2. The summed E-state index contributed by atoms with van der Waals surface area (Å²) < 4.78 is 33.7. The topological polar surface area (TPSA) is 105 Å². The third kappa shape index (κ3) is 3.66. The van der Waals surface area contributed by atoms with Crippen molar-refractivity contribution < 1.29 is 22.7 Å². The van der Waals surface area contributed by atoms with Gasteiger partial charge in [-0.1, -0.05) is 18.2 Å². The zero-order valence-corrected chi connectivity index (χ0v) is 17.5. The predicted octanol–water partition coefficient (Wildman–Crippen LogP) is 2.51. The normalized spacial score (nSPS) is 21.5. The molecule has 2 aromatic carbocycles. The molecule has 0 unspecified atom stereocenters. The smallest absolute Gasteiger partial charge is 0.265 e. The van der Waals surface area contributed by atoms with Gasteiger partial charge in [0.25, 0.3) is 5.91 Å². The number of aryl methyl sites for hydroxylation is 1. The molecule has 30 heavy (non-hydrogen) atoms. The predicted molar refractivity (Wildman–Crippen MR) is 112 cm³/mol. The van der Waals surface area contributed by atoms with Crippen LogP contribution in [0.3, 0.4) is 0 Å². The van der Waals surface area contributed by atoms with Crippen molar-refractivity contribution in [2.45, 2.75) is 43.7 Å². The van der Waals surface area contributed by atoms with E-state index in [1.54, 1.807) is 44.2 Å². The first kappa shape index (κ1) is 20.4. The Kier molecular flexibility index (Phi) is 5.25. The first-order valence-corrected chi connectivity index (χ1v) is 11.2. The van der Waals surface area contributed by atoms with Crippen LogP contribution in [0.5, 0.6) is 5.75 Å². The number of fused-ring (bicyclic) bond motifs is 1. The molecule has 2 aliphatic heterocycles. The number of para-hydroxylation sites is 1. The third-order valence-corrected chi connectivity index (χ3v) is 7.39. The summed E-state index contributed by atoms with van der Waals surface area (Å²) in [5.41, 5.74) is 1.53.